The Balaban J connectivity index is 3.17. The van der Waals surface area contributed by atoms with Gasteiger partial charge in [-0.2, -0.15) is 0 Å². The van der Waals surface area contributed by atoms with Gasteiger partial charge in [-0.25, -0.2) is 0 Å². The molecule has 1 aromatic carbocycles. The van der Waals surface area contributed by atoms with E-state index in [0.29, 0.717) is 0 Å². The van der Waals surface area contributed by atoms with Crippen molar-refractivity contribution in [1.29, 1.82) is 0 Å². The minimum Gasteiger partial charge on any atom is -0.339 e. The van der Waals surface area contributed by atoms with Crippen LogP contribution in [0.3, 0.4) is 0 Å². The van der Waals surface area contributed by atoms with E-state index >= 15 is 0 Å². The highest BCUT2D eigenvalue weighted by Crippen LogP contribution is 2.23. The molecule has 6 heteroatoms. The van der Waals surface area contributed by atoms with Crippen LogP contribution in [-0.2, 0) is 0 Å². The Bertz CT molecular complexity index is 460. The van der Waals surface area contributed by atoms with E-state index in [4.69, 9.17) is 11.6 Å². The van der Waals surface area contributed by atoms with Crippen LogP contribution in [0.25, 0.3) is 0 Å². The van der Waals surface area contributed by atoms with Crippen molar-refractivity contribution in [3.05, 3.63) is 38.9 Å². The van der Waals surface area contributed by atoms with E-state index in [2.05, 4.69) is 0 Å². The van der Waals surface area contributed by atoms with Crippen LogP contribution in [0.2, 0.25) is 5.02 Å². The number of non-ortho nitro benzene ring substituents is 1. The van der Waals surface area contributed by atoms with E-state index in [9.17, 15) is 14.9 Å². The van der Waals surface area contributed by atoms with Gasteiger partial charge in [-0.1, -0.05) is 11.6 Å². The third kappa shape index (κ3) is 2.94. The lowest BCUT2D eigenvalue weighted by molar-refractivity contribution is -0.384. The molecule has 17 heavy (non-hydrogen) atoms. The molecule has 0 fully saturated rings. The lowest BCUT2D eigenvalue weighted by atomic mass is 10.1. The third-order valence-corrected chi connectivity index (χ3v) is 2.82. The normalized spacial score (nSPS) is 10.4. The molecule has 5 nitrogen and oxygen atoms in total. The number of rotatable bonds is 3. The van der Waals surface area contributed by atoms with Crippen molar-refractivity contribution >= 4 is 23.2 Å². The van der Waals surface area contributed by atoms with Gasteiger partial charge in [0.1, 0.15) is 0 Å². The number of hydrogen-bond acceptors (Lipinski definition) is 3. The van der Waals surface area contributed by atoms with Crippen molar-refractivity contribution in [1.82, 2.24) is 4.90 Å². The first-order chi connectivity index (χ1) is 7.84. The Labute approximate surface area is 104 Å². The quantitative estimate of drug-likeness (QED) is 0.617. The topological polar surface area (TPSA) is 63.5 Å². The zero-order chi connectivity index (χ0) is 13.2. The Morgan fingerprint density at radius 1 is 1.47 bits per heavy atom. The molecule has 0 aliphatic carbocycles. The summed E-state index contributed by atoms with van der Waals surface area (Å²) in [7, 11) is 1.63. The van der Waals surface area contributed by atoms with E-state index in [1.165, 1.54) is 23.1 Å². The SMILES string of the molecule is CC(C)N(C)C(=O)c1cc([N+](=O)[O-])ccc1Cl. The lowest BCUT2D eigenvalue weighted by Crippen LogP contribution is -2.33. The average Bonchev–Trinajstić information content (AvgIpc) is 2.27. The maximum atomic E-state index is 12.0. The van der Waals surface area contributed by atoms with Gasteiger partial charge in [0.2, 0.25) is 0 Å². The van der Waals surface area contributed by atoms with Crippen molar-refractivity contribution in [2.75, 3.05) is 7.05 Å². The number of nitro benzene ring substituents is 1. The number of nitro groups is 1. The molecule has 0 bridgehead atoms. The second-order valence-corrected chi connectivity index (χ2v) is 4.34. The first-order valence-electron chi connectivity index (χ1n) is 5.05. The summed E-state index contributed by atoms with van der Waals surface area (Å²) < 4.78 is 0. The molecule has 0 N–H and O–H groups in total. The van der Waals surface area contributed by atoms with Crippen LogP contribution in [-0.4, -0.2) is 28.8 Å². The van der Waals surface area contributed by atoms with Crippen molar-refractivity contribution in [3.8, 4) is 0 Å². The van der Waals surface area contributed by atoms with Crippen LogP contribution in [0.15, 0.2) is 18.2 Å². The van der Waals surface area contributed by atoms with E-state index in [1.54, 1.807) is 7.05 Å². The van der Waals surface area contributed by atoms with Crippen LogP contribution < -0.4 is 0 Å². The molecule has 0 aliphatic heterocycles. The Hall–Kier alpha value is -1.62. The summed E-state index contributed by atoms with van der Waals surface area (Å²) in [5, 5.41) is 10.8. The molecule has 1 amide bonds. The van der Waals surface area contributed by atoms with Crippen LogP contribution in [0.5, 0.6) is 0 Å². The first-order valence-corrected chi connectivity index (χ1v) is 5.43. The summed E-state index contributed by atoms with van der Waals surface area (Å²) in [5.74, 6) is -0.325. The van der Waals surface area contributed by atoms with Gasteiger partial charge in [0.15, 0.2) is 0 Å². The number of carbonyl (C=O) groups is 1. The zero-order valence-electron chi connectivity index (χ0n) is 9.81. The summed E-state index contributed by atoms with van der Waals surface area (Å²) in [6.45, 7) is 3.70. The molecular formula is C11H13ClN2O3. The second kappa shape index (κ2) is 5.14. The highest BCUT2D eigenvalue weighted by atomic mass is 35.5. The third-order valence-electron chi connectivity index (χ3n) is 2.49. The molecule has 1 aromatic rings. The van der Waals surface area contributed by atoms with Gasteiger partial charge in [0, 0.05) is 25.2 Å². The number of hydrogen-bond donors (Lipinski definition) is 0. The summed E-state index contributed by atoms with van der Waals surface area (Å²) in [4.78, 5) is 23.6. The first kappa shape index (κ1) is 13.4. The molecule has 0 atom stereocenters. The number of nitrogens with zero attached hydrogens (tertiary/aromatic N) is 2. The van der Waals surface area contributed by atoms with Crippen LogP contribution in [0.4, 0.5) is 5.69 Å². The van der Waals surface area contributed by atoms with Gasteiger partial charge >= 0.3 is 0 Å². The second-order valence-electron chi connectivity index (χ2n) is 3.93. The van der Waals surface area contributed by atoms with Gasteiger partial charge in [-0.3, -0.25) is 14.9 Å². The molecule has 0 spiro atoms. The Morgan fingerprint density at radius 3 is 2.53 bits per heavy atom. The van der Waals surface area contributed by atoms with Gasteiger partial charge in [-0.15, -0.1) is 0 Å². The fourth-order valence-electron chi connectivity index (χ4n) is 1.22. The van der Waals surface area contributed by atoms with Crippen LogP contribution in [0, 0.1) is 10.1 Å². The Kier molecular flexibility index (Phi) is 4.07. The Morgan fingerprint density at radius 2 is 2.06 bits per heavy atom. The molecule has 0 aliphatic rings. The minimum absolute atomic E-state index is 0.00201. The van der Waals surface area contributed by atoms with E-state index < -0.39 is 4.92 Å². The molecular weight excluding hydrogens is 244 g/mol. The smallest absolute Gasteiger partial charge is 0.270 e. The summed E-state index contributed by atoms with van der Waals surface area (Å²) in [6, 6.07) is 3.83. The van der Waals surface area contributed by atoms with Crippen LogP contribution >= 0.6 is 11.6 Å². The van der Waals surface area contributed by atoms with E-state index in [0.717, 1.165) is 0 Å². The van der Waals surface area contributed by atoms with Crippen molar-refractivity contribution in [3.63, 3.8) is 0 Å². The molecule has 92 valence electrons. The highest BCUT2D eigenvalue weighted by molar-refractivity contribution is 6.33. The van der Waals surface area contributed by atoms with Gasteiger partial charge in [0.25, 0.3) is 11.6 Å². The summed E-state index contributed by atoms with van der Waals surface area (Å²) in [6.07, 6.45) is 0. The maximum absolute atomic E-state index is 12.0. The average molecular weight is 257 g/mol. The van der Waals surface area contributed by atoms with Gasteiger partial charge in [-0.05, 0) is 19.9 Å². The molecule has 0 unspecified atom stereocenters. The van der Waals surface area contributed by atoms with Crippen molar-refractivity contribution in [2.45, 2.75) is 19.9 Å². The molecule has 0 radical (unpaired) electrons. The summed E-state index contributed by atoms with van der Waals surface area (Å²) >= 11 is 5.87. The highest BCUT2D eigenvalue weighted by Gasteiger charge is 2.20. The molecule has 1 rings (SSSR count). The molecule has 0 saturated heterocycles. The van der Waals surface area contributed by atoms with Crippen LogP contribution in [0.1, 0.15) is 24.2 Å². The minimum atomic E-state index is -0.553. The van der Waals surface area contributed by atoms with Crippen molar-refractivity contribution < 1.29 is 9.72 Å². The van der Waals surface area contributed by atoms with Crippen molar-refractivity contribution in [2.24, 2.45) is 0 Å². The zero-order valence-corrected chi connectivity index (χ0v) is 10.6. The molecule has 0 aromatic heterocycles. The van der Waals surface area contributed by atoms with Gasteiger partial charge < -0.3 is 4.90 Å². The molecule has 0 heterocycles. The predicted octanol–water partition coefficient (Wildman–Crippen LogP) is 2.73. The predicted molar refractivity (Wildman–Crippen MR) is 65.3 cm³/mol. The van der Waals surface area contributed by atoms with E-state index in [1.807, 2.05) is 13.8 Å². The number of halogens is 1. The van der Waals surface area contributed by atoms with E-state index in [-0.39, 0.29) is 28.2 Å². The monoisotopic (exact) mass is 256 g/mol. The fraction of sp³-hybridized carbons (Fsp3) is 0.364. The lowest BCUT2D eigenvalue weighted by Gasteiger charge is -2.21. The molecule has 0 saturated carbocycles. The maximum Gasteiger partial charge on any atom is 0.270 e. The fourth-order valence-corrected chi connectivity index (χ4v) is 1.41. The standard InChI is InChI=1S/C11H13ClN2O3/c1-7(2)13(3)11(15)9-6-8(14(16)17)4-5-10(9)12/h4-7H,1-3H3. The number of carbonyl (C=O) groups excluding carboxylic acids is 1. The largest absolute Gasteiger partial charge is 0.339 e. The summed E-state index contributed by atoms with van der Waals surface area (Å²) in [5.41, 5.74) is 0.00646. The number of benzene rings is 1. The number of amides is 1. The van der Waals surface area contributed by atoms with Gasteiger partial charge in [0.05, 0.1) is 15.5 Å².